The molecule has 13 heteroatoms. The molecule has 0 radical (unpaired) electrons. The van der Waals surface area contributed by atoms with Crippen LogP contribution in [0.25, 0.3) is 0 Å². The summed E-state index contributed by atoms with van der Waals surface area (Å²) in [6, 6.07) is 7.96. The Bertz CT molecular complexity index is 1170. The third-order valence-corrected chi connectivity index (χ3v) is 6.61. The van der Waals surface area contributed by atoms with Crippen molar-refractivity contribution in [3.63, 3.8) is 0 Å². The molecule has 178 valence electrons. The van der Waals surface area contributed by atoms with Crippen LogP contribution >= 0.6 is 11.3 Å². The van der Waals surface area contributed by atoms with E-state index in [2.05, 4.69) is 5.32 Å². The third kappa shape index (κ3) is 4.72. The van der Waals surface area contributed by atoms with E-state index in [0.717, 1.165) is 11.3 Å². The van der Waals surface area contributed by atoms with E-state index in [1.165, 1.54) is 24.0 Å². The van der Waals surface area contributed by atoms with Gasteiger partial charge in [-0.1, -0.05) is 0 Å². The van der Waals surface area contributed by atoms with Crippen LogP contribution in [0, 0.1) is 27.3 Å². The highest BCUT2D eigenvalue weighted by atomic mass is 32.1. The number of carbonyl (C=O) groups excluding carboxylic acids is 2. The van der Waals surface area contributed by atoms with Crippen LogP contribution in [-0.2, 0) is 9.53 Å². The van der Waals surface area contributed by atoms with Crippen molar-refractivity contribution >= 4 is 45.4 Å². The van der Waals surface area contributed by atoms with Gasteiger partial charge in [0.25, 0.3) is 0 Å². The zero-order valence-corrected chi connectivity index (χ0v) is 19.0. The number of carbonyl (C=O) groups is 2. The van der Waals surface area contributed by atoms with Crippen molar-refractivity contribution in [2.75, 3.05) is 54.0 Å². The van der Waals surface area contributed by atoms with Crippen LogP contribution in [0.5, 0.6) is 0 Å². The number of benzene rings is 1. The van der Waals surface area contributed by atoms with E-state index in [1.54, 1.807) is 12.1 Å². The number of nitriles is 1. The molecule has 34 heavy (non-hydrogen) atoms. The number of nitro groups is 1. The Kier molecular flexibility index (Phi) is 6.51. The molecule has 2 aliphatic rings. The first-order chi connectivity index (χ1) is 16.3. The van der Waals surface area contributed by atoms with Crippen molar-refractivity contribution in [1.82, 2.24) is 5.32 Å². The maximum Gasteiger partial charge on any atom is 0.414 e. The number of rotatable bonds is 6. The molecule has 0 bridgehead atoms. The summed E-state index contributed by atoms with van der Waals surface area (Å²) < 4.78 is 20.2. The van der Waals surface area contributed by atoms with Gasteiger partial charge in [-0.25, -0.2) is 9.18 Å². The maximum absolute atomic E-state index is 15.0. The number of thiophene rings is 1. The van der Waals surface area contributed by atoms with Gasteiger partial charge in [0.2, 0.25) is 5.91 Å². The fraction of sp³-hybridized carbons (Fsp3) is 0.381. The van der Waals surface area contributed by atoms with Gasteiger partial charge in [-0.3, -0.25) is 19.8 Å². The average Bonchev–Trinajstić information content (AvgIpc) is 3.41. The van der Waals surface area contributed by atoms with Crippen LogP contribution in [0.4, 0.5) is 31.2 Å². The lowest BCUT2D eigenvalue weighted by atomic mass is 10.2. The summed E-state index contributed by atoms with van der Waals surface area (Å²) in [4.78, 5) is 39.3. The van der Waals surface area contributed by atoms with Gasteiger partial charge in [0, 0.05) is 33.1 Å². The third-order valence-electron chi connectivity index (χ3n) is 5.63. The minimum atomic E-state index is -0.606. The molecule has 2 aliphatic heterocycles. The number of anilines is 3. The molecule has 2 saturated heterocycles. The highest BCUT2D eigenvalue weighted by molar-refractivity contribution is 7.16. The molecule has 1 unspecified atom stereocenters. The first-order valence-corrected chi connectivity index (χ1v) is 11.3. The van der Waals surface area contributed by atoms with Crippen LogP contribution in [0.2, 0.25) is 0 Å². The molecule has 2 amide bonds. The molecule has 3 heterocycles. The Labute approximate surface area is 198 Å². The van der Waals surface area contributed by atoms with Crippen LogP contribution < -0.4 is 20.0 Å². The second kappa shape index (κ2) is 9.52. The molecule has 4 rings (SSSR count). The zero-order valence-electron chi connectivity index (χ0n) is 18.2. The van der Waals surface area contributed by atoms with E-state index < -0.39 is 22.9 Å². The van der Waals surface area contributed by atoms with Crippen LogP contribution in [0.3, 0.4) is 0 Å². The van der Waals surface area contributed by atoms with Crippen molar-refractivity contribution in [2.45, 2.75) is 13.0 Å². The lowest BCUT2D eigenvalue weighted by Gasteiger charge is -2.36. The lowest BCUT2D eigenvalue weighted by Crippen LogP contribution is -2.46. The summed E-state index contributed by atoms with van der Waals surface area (Å²) >= 11 is 0.841. The number of ether oxygens (including phenoxy) is 1. The number of halogens is 1. The number of cyclic esters (lactones) is 1. The second-order valence-corrected chi connectivity index (χ2v) is 8.86. The Morgan fingerprint density at radius 1 is 1.29 bits per heavy atom. The van der Waals surface area contributed by atoms with Gasteiger partial charge in [-0.2, -0.15) is 5.26 Å². The summed E-state index contributed by atoms with van der Waals surface area (Å²) in [6.45, 7) is 3.44. The molecule has 2 aromatic rings. The van der Waals surface area contributed by atoms with Gasteiger partial charge >= 0.3 is 11.1 Å². The molecule has 2 fully saturated rings. The van der Waals surface area contributed by atoms with Gasteiger partial charge in [0.15, 0.2) is 0 Å². The molecule has 0 saturated carbocycles. The molecule has 1 aromatic heterocycles. The maximum atomic E-state index is 15.0. The monoisotopic (exact) mass is 488 g/mol. The van der Waals surface area contributed by atoms with Crippen molar-refractivity contribution in [3.8, 4) is 6.07 Å². The minimum absolute atomic E-state index is 0.0742. The molecular formula is C21H21FN6O5S. The number of piperazine rings is 1. The largest absolute Gasteiger partial charge is 0.442 e. The average molecular weight is 489 g/mol. The molecule has 1 N–H and O–H groups in total. The van der Waals surface area contributed by atoms with E-state index in [1.807, 2.05) is 15.9 Å². The Morgan fingerprint density at radius 2 is 1.97 bits per heavy atom. The van der Waals surface area contributed by atoms with Gasteiger partial charge in [-0.15, -0.1) is 0 Å². The van der Waals surface area contributed by atoms with E-state index in [0.29, 0.717) is 43.2 Å². The summed E-state index contributed by atoms with van der Waals surface area (Å²) in [7, 11) is 0. The van der Waals surface area contributed by atoms with E-state index >= 15 is 0 Å². The van der Waals surface area contributed by atoms with Crippen molar-refractivity contribution in [3.05, 3.63) is 45.1 Å². The SMILES string of the molecule is CC(=O)NCC1CN(c2ccc(N3CCN(c4cc(C#N)sc4[N+](=O)[O-])CC3)c(F)c2)C(=O)O1. The molecule has 1 atom stereocenters. The molecule has 0 aliphatic carbocycles. The Morgan fingerprint density at radius 3 is 2.56 bits per heavy atom. The molecular weight excluding hydrogens is 467 g/mol. The normalized spacial score (nSPS) is 18.0. The number of hydrogen-bond donors (Lipinski definition) is 1. The highest BCUT2D eigenvalue weighted by Gasteiger charge is 2.33. The minimum Gasteiger partial charge on any atom is -0.442 e. The first kappa shape index (κ1) is 23.2. The summed E-state index contributed by atoms with van der Waals surface area (Å²) in [5.74, 6) is -0.735. The number of nitrogens with one attached hydrogen (secondary N) is 1. The molecule has 11 nitrogen and oxygen atoms in total. The van der Waals surface area contributed by atoms with Crippen LogP contribution in [-0.4, -0.2) is 62.3 Å². The predicted octanol–water partition coefficient (Wildman–Crippen LogP) is 2.45. The van der Waals surface area contributed by atoms with E-state index in [4.69, 9.17) is 10.00 Å². The van der Waals surface area contributed by atoms with E-state index in [-0.39, 0.29) is 28.9 Å². The van der Waals surface area contributed by atoms with Gasteiger partial charge < -0.3 is 19.9 Å². The summed E-state index contributed by atoms with van der Waals surface area (Å²) in [5.41, 5.74) is 1.12. The lowest BCUT2D eigenvalue weighted by molar-refractivity contribution is -0.379. The topological polar surface area (TPSA) is 132 Å². The zero-order chi connectivity index (χ0) is 24.4. The van der Waals surface area contributed by atoms with E-state index in [9.17, 15) is 24.1 Å². The van der Waals surface area contributed by atoms with Crippen molar-refractivity contribution in [2.24, 2.45) is 0 Å². The standard InChI is InChI=1S/C21H21FN6O5S/c1-13(29)24-11-15-12-27(21(30)33-15)14-2-3-18(17(22)8-14)25-4-6-26(7-5-25)19-9-16(10-23)34-20(19)28(31)32/h2-3,8-9,15H,4-7,11-12H2,1H3,(H,24,29). The summed E-state index contributed by atoms with van der Waals surface area (Å²) in [5, 5.41) is 22.9. The fourth-order valence-corrected chi connectivity index (χ4v) is 4.78. The van der Waals surface area contributed by atoms with Crippen molar-refractivity contribution in [1.29, 1.82) is 5.26 Å². The van der Waals surface area contributed by atoms with Crippen LogP contribution in [0.1, 0.15) is 11.8 Å². The fourth-order valence-electron chi connectivity index (χ4n) is 3.99. The Balaban J connectivity index is 1.42. The number of hydrogen-bond acceptors (Lipinski definition) is 9. The first-order valence-electron chi connectivity index (χ1n) is 10.5. The number of amides is 2. The molecule has 1 aromatic carbocycles. The summed E-state index contributed by atoms with van der Waals surface area (Å²) in [6.07, 6.45) is -1.12. The smallest absolute Gasteiger partial charge is 0.414 e. The molecule has 0 spiro atoms. The second-order valence-electron chi connectivity index (χ2n) is 7.83. The highest BCUT2D eigenvalue weighted by Crippen LogP contribution is 2.38. The van der Waals surface area contributed by atoms with Crippen molar-refractivity contribution < 1.29 is 23.6 Å². The quantitative estimate of drug-likeness (QED) is 0.484. The van der Waals surface area contributed by atoms with Gasteiger partial charge in [0.05, 0.1) is 29.4 Å². The Hall–Kier alpha value is -3.92. The van der Waals surface area contributed by atoms with Gasteiger partial charge in [-0.05, 0) is 35.6 Å². The van der Waals surface area contributed by atoms with Gasteiger partial charge in [0.1, 0.15) is 28.6 Å². The number of nitrogens with zero attached hydrogens (tertiary/aromatic N) is 5. The van der Waals surface area contributed by atoms with Crippen LogP contribution in [0.15, 0.2) is 24.3 Å². The predicted molar refractivity (Wildman–Crippen MR) is 123 cm³/mol.